The molecule has 0 amide bonds. The minimum Gasteiger partial charge on any atom is -0.480 e. The van der Waals surface area contributed by atoms with Gasteiger partial charge in [-0.05, 0) is 37.3 Å². The van der Waals surface area contributed by atoms with Gasteiger partial charge in [0.1, 0.15) is 5.60 Å². The third-order valence-electron chi connectivity index (χ3n) is 3.00. The van der Waals surface area contributed by atoms with Crippen LogP contribution < -0.4 is 0 Å². The third kappa shape index (κ3) is 4.88. The minimum atomic E-state index is -1.29. The fourth-order valence-corrected chi connectivity index (χ4v) is 1.92. The van der Waals surface area contributed by atoms with Crippen LogP contribution in [0.2, 0.25) is 0 Å². The van der Waals surface area contributed by atoms with E-state index in [0.29, 0.717) is 5.56 Å². The van der Waals surface area contributed by atoms with Crippen LogP contribution in [-0.2, 0) is 19.7 Å². The van der Waals surface area contributed by atoms with E-state index in [1.54, 1.807) is 32.9 Å². The lowest BCUT2D eigenvalue weighted by molar-refractivity contribution is -0.162. The molecule has 0 unspecified atom stereocenters. The van der Waals surface area contributed by atoms with Crippen LogP contribution >= 0.6 is 0 Å². The lowest BCUT2D eigenvalue weighted by Crippen LogP contribution is -2.31. The van der Waals surface area contributed by atoms with Crippen molar-refractivity contribution in [2.45, 2.75) is 58.5 Å². The molecule has 1 rings (SSSR count). The van der Waals surface area contributed by atoms with E-state index in [0.717, 1.165) is 5.56 Å². The summed E-state index contributed by atoms with van der Waals surface area (Å²) >= 11 is 0. The first kappa shape index (κ1) is 17.2. The van der Waals surface area contributed by atoms with Crippen molar-refractivity contribution < 1.29 is 19.4 Å². The Morgan fingerprint density at radius 2 is 1.48 bits per heavy atom. The van der Waals surface area contributed by atoms with Gasteiger partial charge < -0.3 is 9.84 Å². The second kappa shape index (κ2) is 5.88. The third-order valence-corrected chi connectivity index (χ3v) is 3.00. The van der Waals surface area contributed by atoms with Crippen LogP contribution in [0.25, 0.3) is 0 Å². The van der Waals surface area contributed by atoms with Crippen LogP contribution in [0.1, 0.15) is 58.6 Å². The van der Waals surface area contributed by atoms with Gasteiger partial charge in [0.2, 0.25) is 0 Å². The topological polar surface area (TPSA) is 63.6 Å². The normalized spacial score (nSPS) is 13.6. The van der Waals surface area contributed by atoms with E-state index < -0.39 is 23.5 Å². The predicted octanol–water partition coefficient (Wildman–Crippen LogP) is 3.49. The lowest BCUT2D eigenvalue weighted by Gasteiger charge is -2.23. The van der Waals surface area contributed by atoms with E-state index in [4.69, 9.17) is 4.74 Å². The maximum absolute atomic E-state index is 12.1. The number of carbonyl (C=O) groups excluding carboxylic acids is 1. The van der Waals surface area contributed by atoms with Gasteiger partial charge in [0.25, 0.3) is 0 Å². The van der Waals surface area contributed by atoms with E-state index >= 15 is 0 Å². The van der Waals surface area contributed by atoms with Crippen molar-refractivity contribution in [1.82, 2.24) is 0 Å². The number of benzene rings is 1. The molecular formula is C17H24O4. The van der Waals surface area contributed by atoms with Crippen LogP contribution in [0.3, 0.4) is 0 Å². The Morgan fingerprint density at radius 1 is 1.00 bits per heavy atom. The number of hydrogen-bond acceptors (Lipinski definition) is 3. The zero-order valence-electron chi connectivity index (χ0n) is 13.6. The molecule has 0 saturated carbocycles. The van der Waals surface area contributed by atoms with Crippen LogP contribution in [0.5, 0.6) is 0 Å². The van der Waals surface area contributed by atoms with Crippen molar-refractivity contribution in [2.75, 3.05) is 0 Å². The average molecular weight is 292 g/mol. The molecule has 0 heterocycles. The Morgan fingerprint density at radius 3 is 1.81 bits per heavy atom. The first-order chi connectivity index (χ1) is 9.42. The number of carbonyl (C=O) groups is 2. The number of esters is 1. The Bertz CT molecular complexity index is 515. The molecule has 0 spiro atoms. The lowest BCUT2D eigenvalue weighted by atomic mass is 9.85. The summed E-state index contributed by atoms with van der Waals surface area (Å²) in [6.45, 7) is 11.4. The first-order valence-electron chi connectivity index (χ1n) is 6.98. The van der Waals surface area contributed by atoms with Crippen molar-refractivity contribution in [1.29, 1.82) is 0 Å². The molecule has 0 saturated heterocycles. The summed E-state index contributed by atoms with van der Waals surface area (Å²) in [5, 5.41) is 9.32. The first-order valence-corrected chi connectivity index (χ1v) is 6.98. The van der Waals surface area contributed by atoms with E-state index in [2.05, 4.69) is 20.8 Å². The van der Waals surface area contributed by atoms with Gasteiger partial charge >= 0.3 is 11.9 Å². The zero-order valence-corrected chi connectivity index (χ0v) is 13.6. The van der Waals surface area contributed by atoms with Gasteiger partial charge in [0, 0.05) is 0 Å². The standard InChI is InChI=1S/C17H24O4/c1-16(2,3)12-9-7-11(8-10-12)13(14(18)19)15(20)21-17(4,5)6/h7-10,13H,1-6H3,(H,18,19)/t13-/m0/s1. The average Bonchev–Trinajstić information content (AvgIpc) is 2.25. The quantitative estimate of drug-likeness (QED) is 0.684. The largest absolute Gasteiger partial charge is 0.480 e. The molecule has 4 nitrogen and oxygen atoms in total. The molecule has 0 radical (unpaired) electrons. The number of carboxylic acid groups (broad SMARTS) is 1. The molecular weight excluding hydrogens is 268 g/mol. The van der Waals surface area contributed by atoms with Crippen LogP contribution in [0, 0.1) is 0 Å². The predicted molar refractivity (Wildman–Crippen MR) is 81.4 cm³/mol. The Balaban J connectivity index is 3.07. The number of rotatable bonds is 3. The SMILES string of the molecule is CC(C)(C)OC(=O)[C@H](C(=O)O)c1ccc(C(C)(C)C)cc1. The Labute approximate surface area is 126 Å². The number of ether oxygens (including phenoxy) is 1. The highest BCUT2D eigenvalue weighted by Crippen LogP contribution is 2.26. The Kier molecular flexibility index (Phi) is 4.82. The second-order valence-corrected chi connectivity index (χ2v) is 7.18. The van der Waals surface area contributed by atoms with E-state index in [-0.39, 0.29) is 5.41 Å². The van der Waals surface area contributed by atoms with Crippen molar-refractivity contribution >= 4 is 11.9 Å². The van der Waals surface area contributed by atoms with Gasteiger partial charge in [-0.25, -0.2) is 0 Å². The monoisotopic (exact) mass is 292 g/mol. The maximum Gasteiger partial charge on any atom is 0.325 e. The molecule has 1 N–H and O–H groups in total. The van der Waals surface area contributed by atoms with Crippen molar-refractivity contribution in [3.63, 3.8) is 0 Å². The summed E-state index contributed by atoms with van der Waals surface area (Å²) < 4.78 is 5.19. The summed E-state index contributed by atoms with van der Waals surface area (Å²) in [5.41, 5.74) is 0.781. The highest BCUT2D eigenvalue weighted by molar-refractivity contribution is 6.00. The molecule has 1 aromatic rings. The summed E-state index contributed by atoms with van der Waals surface area (Å²) in [4.78, 5) is 23.5. The van der Waals surface area contributed by atoms with Gasteiger partial charge in [0.05, 0.1) is 0 Å². The molecule has 0 aromatic heterocycles. The molecule has 0 bridgehead atoms. The summed E-state index contributed by atoms with van der Waals surface area (Å²) in [6, 6.07) is 7.08. The van der Waals surface area contributed by atoms with Crippen LogP contribution in [-0.4, -0.2) is 22.6 Å². The molecule has 116 valence electrons. The van der Waals surface area contributed by atoms with Gasteiger partial charge in [-0.15, -0.1) is 0 Å². The molecule has 0 fully saturated rings. The van der Waals surface area contributed by atoms with Crippen LogP contribution in [0.15, 0.2) is 24.3 Å². The minimum absolute atomic E-state index is 0.0246. The molecule has 0 aliphatic rings. The smallest absolute Gasteiger partial charge is 0.325 e. The number of hydrogen-bond donors (Lipinski definition) is 1. The summed E-state index contributed by atoms with van der Waals surface area (Å²) in [5.74, 6) is -3.23. The molecule has 0 aliphatic heterocycles. The van der Waals surface area contributed by atoms with E-state index in [1.165, 1.54) is 0 Å². The summed E-state index contributed by atoms with van der Waals surface area (Å²) in [7, 11) is 0. The number of aliphatic carboxylic acids is 1. The van der Waals surface area contributed by atoms with Crippen molar-refractivity contribution in [2.24, 2.45) is 0 Å². The van der Waals surface area contributed by atoms with Crippen molar-refractivity contribution in [3.05, 3.63) is 35.4 Å². The molecule has 1 aromatic carbocycles. The van der Waals surface area contributed by atoms with E-state index in [9.17, 15) is 14.7 Å². The highest BCUT2D eigenvalue weighted by atomic mass is 16.6. The van der Waals surface area contributed by atoms with Gasteiger partial charge in [-0.1, -0.05) is 45.0 Å². The molecule has 1 atom stereocenters. The second-order valence-electron chi connectivity index (χ2n) is 7.18. The highest BCUT2D eigenvalue weighted by Gasteiger charge is 2.32. The molecule has 4 heteroatoms. The molecule has 21 heavy (non-hydrogen) atoms. The molecule has 0 aliphatic carbocycles. The maximum atomic E-state index is 12.1. The van der Waals surface area contributed by atoms with Gasteiger partial charge in [0.15, 0.2) is 5.92 Å². The number of carboxylic acids is 1. The van der Waals surface area contributed by atoms with E-state index in [1.807, 2.05) is 12.1 Å². The fourth-order valence-electron chi connectivity index (χ4n) is 1.92. The summed E-state index contributed by atoms with van der Waals surface area (Å²) in [6.07, 6.45) is 0. The van der Waals surface area contributed by atoms with Crippen molar-refractivity contribution in [3.8, 4) is 0 Å². The Hall–Kier alpha value is -1.84. The fraction of sp³-hybridized carbons (Fsp3) is 0.529. The van der Waals surface area contributed by atoms with Crippen LogP contribution in [0.4, 0.5) is 0 Å². The van der Waals surface area contributed by atoms with Gasteiger partial charge in [-0.3, -0.25) is 9.59 Å². The van der Waals surface area contributed by atoms with Gasteiger partial charge in [-0.2, -0.15) is 0 Å². The zero-order chi connectivity index (χ0) is 16.4.